The maximum Gasteiger partial charge on any atom is 0.214 e. The third-order valence-corrected chi connectivity index (χ3v) is 5.87. The first-order chi connectivity index (χ1) is 15.5. The molecule has 9 heteroatoms. The Balaban J connectivity index is 1.58. The van der Waals surface area contributed by atoms with E-state index in [1.54, 1.807) is 6.20 Å². The van der Waals surface area contributed by atoms with E-state index in [9.17, 15) is 9.65 Å². The van der Waals surface area contributed by atoms with Crippen LogP contribution in [0.1, 0.15) is 13.8 Å². The molecule has 0 saturated carbocycles. The van der Waals surface area contributed by atoms with Crippen LogP contribution in [-0.2, 0) is 0 Å². The SMILES string of the molecule is CC(C)C1CN(c2cnc3ccccc3n2)CCN1/C(=N\C#N)Nc1ccc(F)cc1Cl. The monoisotopic (exact) mass is 451 g/mol. The van der Waals surface area contributed by atoms with Crippen molar-refractivity contribution in [3.8, 4) is 6.19 Å². The van der Waals surface area contributed by atoms with Crippen LogP contribution in [0.4, 0.5) is 15.9 Å². The molecule has 1 atom stereocenters. The summed E-state index contributed by atoms with van der Waals surface area (Å²) >= 11 is 6.18. The molecule has 2 heterocycles. The maximum absolute atomic E-state index is 13.4. The topological polar surface area (TPSA) is 80.4 Å². The quantitative estimate of drug-likeness (QED) is 0.358. The van der Waals surface area contributed by atoms with E-state index < -0.39 is 5.82 Å². The average Bonchev–Trinajstić information content (AvgIpc) is 2.79. The second kappa shape index (κ2) is 9.37. The van der Waals surface area contributed by atoms with Crippen molar-refractivity contribution < 1.29 is 4.39 Å². The van der Waals surface area contributed by atoms with Gasteiger partial charge >= 0.3 is 0 Å². The number of hydrogen-bond acceptors (Lipinski definition) is 5. The smallest absolute Gasteiger partial charge is 0.214 e. The van der Waals surface area contributed by atoms with Gasteiger partial charge in [0.15, 0.2) is 0 Å². The summed E-state index contributed by atoms with van der Waals surface area (Å²) in [6.45, 7) is 6.24. The van der Waals surface area contributed by atoms with Gasteiger partial charge < -0.3 is 15.1 Å². The first-order valence-electron chi connectivity index (χ1n) is 10.4. The minimum Gasteiger partial charge on any atom is -0.351 e. The van der Waals surface area contributed by atoms with Crippen LogP contribution < -0.4 is 10.2 Å². The molecule has 1 N–H and O–H groups in total. The number of nitrogens with zero attached hydrogens (tertiary/aromatic N) is 6. The number of aliphatic imine (C=N–C) groups is 1. The number of anilines is 2. The van der Waals surface area contributed by atoms with Crippen LogP contribution in [0.15, 0.2) is 53.7 Å². The molecule has 1 saturated heterocycles. The first kappa shape index (κ1) is 21.8. The molecule has 0 aliphatic carbocycles. The lowest BCUT2D eigenvalue weighted by molar-refractivity contribution is 0.224. The van der Waals surface area contributed by atoms with E-state index in [2.05, 4.69) is 38.9 Å². The summed E-state index contributed by atoms with van der Waals surface area (Å²) in [6.07, 6.45) is 3.67. The molecule has 1 aromatic heterocycles. The number of hydrogen-bond donors (Lipinski definition) is 1. The second-order valence-electron chi connectivity index (χ2n) is 7.95. The summed E-state index contributed by atoms with van der Waals surface area (Å²) < 4.78 is 13.4. The number of aromatic nitrogens is 2. The molecular formula is C23H23ClFN7. The normalized spacial score (nSPS) is 17.0. The summed E-state index contributed by atoms with van der Waals surface area (Å²) in [4.78, 5) is 17.6. The molecular weight excluding hydrogens is 429 g/mol. The summed E-state index contributed by atoms with van der Waals surface area (Å²) in [5, 5.41) is 12.6. The molecule has 4 rings (SSSR count). The van der Waals surface area contributed by atoms with Crippen molar-refractivity contribution in [2.24, 2.45) is 10.9 Å². The molecule has 3 aromatic rings. The lowest BCUT2D eigenvalue weighted by Crippen LogP contribution is -2.58. The van der Waals surface area contributed by atoms with E-state index in [1.807, 2.05) is 30.5 Å². The maximum atomic E-state index is 13.4. The van der Waals surface area contributed by atoms with Gasteiger partial charge in [-0.25, -0.2) is 9.37 Å². The second-order valence-corrected chi connectivity index (χ2v) is 8.36. The van der Waals surface area contributed by atoms with Gasteiger partial charge in [-0.05, 0) is 36.2 Å². The van der Waals surface area contributed by atoms with Crippen molar-refractivity contribution in [2.75, 3.05) is 29.9 Å². The lowest BCUT2D eigenvalue weighted by atomic mass is 9.99. The summed E-state index contributed by atoms with van der Waals surface area (Å²) in [5.41, 5.74) is 2.21. The predicted molar refractivity (Wildman–Crippen MR) is 125 cm³/mol. The van der Waals surface area contributed by atoms with Crippen LogP contribution in [0, 0.1) is 23.2 Å². The molecule has 0 radical (unpaired) electrons. The summed E-state index contributed by atoms with van der Waals surface area (Å²) in [7, 11) is 0. The number of fused-ring (bicyclic) bond motifs is 1. The molecule has 32 heavy (non-hydrogen) atoms. The Bertz CT molecular complexity index is 1190. The van der Waals surface area contributed by atoms with Crippen molar-refractivity contribution >= 4 is 40.1 Å². The first-order valence-corrected chi connectivity index (χ1v) is 10.8. The number of para-hydroxylation sites is 2. The highest BCUT2D eigenvalue weighted by Gasteiger charge is 2.32. The van der Waals surface area contributed by atoms with E-state index in [4.69, 9.17) is 16.6 Å². The molecule has 2 aromatic carbocycles. The molecule has 7 nitrogen and oxygen atoms in total. The highest BCUT2D eigenvalue weighted by Crippen LogP contribution is 2.26. The fourth-order valence-corrected chi connectivity index (χ4v) is 4.09. The fraction of sp³-hybridized carbons (Fsp3) is 0.304. The van der Waals surface area contributed by atoms with Gasteiger partial charge in [0.05, 0.1) is 34.0 Å². The van der Waals surface area contributed by atoms with Gasteiger partial charge in [0, 0.05) is 19.6 Å². The van der Waals surface area contributed by atoms with Crippen molar-refractivity contribution in [3.05, 3.63) is 59.5 Å². The highest BCUT2D eigenvalue weighted by atomic mass is 35.5. The van der Waals surface area contributed by atoms with Gasteiger partial charge in [-0.1, -0.05) is 37.6 Å². The fourth-order valence-electron chi connectivity index (χ4n) is 3.87. The predicted octanol–water partition coefficient (Wildman–Crippen LogP) is 4.52. The molecule has 1 fully saturated rings. The zero-order valence-electron chi connectivity index (χ0n) is 17.8. The Morgan fingerprint density at radius 3 is 2.75 bits per heavy atom. The van der Waals surface area contributed by atoms with Crippen LogP contribution in [0.2, 0.25) is 5.02 Å². The summed E-state index contributed by atoms with van der Waals surface area (Å²) in [6, 6.07) is 11.9. The molecule has 0 bridgehead atoms. The highest BCUT2D eigenvalue weighted by molar-refractivity contribution is 6.33. The van der Waals surface area contributed by atoms with Crippen molar-refractivity contribution in [1.29, 1.82) is 5.26 Å². The Morgan fingerprint density at radius 2 is 2.03 bits per heavy atom. The zero-order chi connectivity index (χ0) is 22.7. The number of halogens is 2. The zero-order valence-corrected chi connectivity index (χ0v) is 18.6. The van der Waals surface area contributed by atoms with Gasteiger partial charge in [0.1, 0.15) is 11.6 Å². The average molecular weight is 452 g/mol. The molecule has 1 aliphatic heterocycles. The van der Waals surface area contributed by atoms with E-state index in [0.717, 1.165) is 16.9 Å². The molecule has 1 aliphatic rings. The number of benzene rings is 2. The number of nitrogens with one attached hydrogen (secondary N) is 1. The molecule has 0 spiro atoms. The van der Waals surface area contributed by atoms with Crippen molar-refractivity contribution in [2.45, 2.75) is 19.9 Å². The van der Waals surface area contributed by atoms with Gasteiger partial charge in [0.25, 0.3) is 0 Å². The largest absolute Gasteiger partial charge is 0.351 e. The van der Waals surface area contributed by atoms with Gasteiger partial charge in [-0.2, -0.15) is 5.26 Å². The minimum absolute atomic E-state index is 0.0517. The Labute approximate surface area is 191 Å². The van der Waals surface area contributed by atoms with Crippen LogP contribution in [0.3, 0.4) is 0 Å². The minimum atomic E-state index is -0.426. The third kappa shape index (κ3) is 4.58. The van der Waals surface area contributed by atoms with E-state index in [-0.39, 0.29) is 17.0 Å². The molecule has 1 unspecified atom stereocenters. The van der Waals surface area contributed by atoms with E-state index in [0.29, 0.717) is 31.3 Å². The van der Waals surface area contributed by atoms with Crippen LogP contribution in [-0.4, -0.2) is 46.5 Å². The van der Waals surface area contributed by atoms with E-state index in [1.165, 1.54) is 18.2 Å². The summed E-state index contributed by atoms with van der Waals surface area (Å²) in [5.74, 6) is 1.05. The molecule has 164 valence electrons. The molecule has 0 amide bonds. The van der Waals surface area contributed by atoms with Gasteiger partial charge in [0.2, 0.25) is 12.2 Å². The van der Waals surface area contributed by atoms with Gasteiger partial charge in [-0.15, -0.1) is 4.99 Å². The Morgan fingerprint density at radius 1 is 1.25 bits per heavy atom. The third-order valence-electron chi connectivity index (χ3n) is 5.55. The number of piperazine rings is 1. The standard InChI is InChI=1S/C23H23ClFN7/c1-15(2)21-13-31(22-12-27-19-5-3-4-6-20(19)29-22)9-10-32(21)23(28-14-26)30-18-8-7-16(25)11-17(18)24/h3-8,11-12,15,21H,9-10,13H2,1-2H3,(H,28,30). The van der Waals surface area contributed by atoms with Crippen LogP contribution >= 0.6 is 11.6 Å². The van der Waals surface area contributed by atoms with Crippen molar-refractivity contribution in [1.82, 2.24) is 14.9 Å². The van der Waals surface area contributed by atoms with Crippen LogP contribution in [0.5, 0.6) is 0 Å². The van der Waals surface area contributed by atoms with E-state index >= 15 is 0 Å². The number of nitriles is 1. The van der Waals surface area contributed by atoms with Gasteiger partial charge in [-0.3, -0.25) is 4.98 Å². The number of guanidine groups is 1. The Hall–Kier alpha value is -3.44. The number of rotatable bonds is 3. The van der Waals surface area contributed by atoms with Crippen LogP contribution in [0.25, 0.3) is 11.0 Å². The lowest BCUT2D eigenvalue weighted by Gasteiger charge is -2.44. The Kier molecular flexibility index (Phi) is 6.37. The van der Waals surface area contributed by atoms with Crippen molar-refractivity contribution in [3.63, 3.8) is 0 Å².